The maximum atomic E-state index is 13.2. The van der Waals surface area contributed by atoms with Crippen LogP contribution in [-0.4, -0.2) is 35.1 Å². The molecule has 1 unspecified atom stereocenters. The van der Waals surface area contributed by atoms with Crippen molar-refractivity contribution in [3.8, 4) is 0 Å². The summed E-state index contributed by atoms with van der Waals surface area (Å²) < 4.78 is 2.07. The number of aryl methyl sites for hydroxylation is 1. The lowest BCUT2D eigenvalue weighted by Gasteiger charge is -2.34. The van der Waals surface area contributed by atoms with Gasteiger partial charge in [-0.25, -0.2) is 4.68 Å². The van der Waals surface area contributed by atoms with E-state index >= 15 is 0 Å². The van der Waals surface area contributed by atoms with Gasteiger partial charge in [-0.3, -0.25) is 14.7 Å². The smallest absolute Gasteiger partial charge is 0.252 e. The fourth-order valence-corrected chi connectivity index (χ4v) is 5.70. The molecule has 1 aromatic carbocycles. The van der Waals surface area contributed by atoms with Gasteiger partial charge in [-0.15, -0.1) is 5.10 Å². The Balaban J connectivity index is 1.55. The van der Waals surface area contributed by atoms with Crippen molar-refractivity contribution in [3.63, 3.8) is 0 Å². The summed E-state index contributed by atoms with van der Waals surface area (Å²) >= 11 is 0. The topological polar surface area (TPSA) is 92.6 Å². The highest BCUT2D eigenvalue weighted by molar-refractivity contribution is 5.79. The van der Waals surface area contributed by atoms with Crippen LogP contribution < -0.4 is 5.56 Å². The second-order valence-electron chi connectivity index (χ2n) is 10.6. The van der Waals surface area contributed by atoms with Gasteiger partial charge in [-0.1, -0.05) is 52.2 Å². The van der Waals surface area contributed by atoms with E-state index in [1.165, 1.54) is 24.8 Å². The zero-order valence-electron chi connectivity index (χ0n) is 22.1. The number of nitrogens with zero attached hydrogens (tertiary/aromatic N) is 6. The number of H-pyrrole nitrogens is 1. The minimum Gasteiger partial charge on any atom is -0.322 e. The molecule has 0 aliphatic heterocycles. The van der Waals surface area contributed by atoms with Crippen molar-refractivity contribution < 1.29 is 0 Å². The first-order chi connectivity index (χ1) is 18.0. The number of fused-ring (bicyclic) bond motifs is 1. The Kier molecular flexibility index (Phi) is 7.74. The van der Waals surface area contributed by atoms with Crippen LogP contribution in [0.2, 0.25) is 0 Å². The first-order valence-corrected chi connectivity index (χ1v) is 13.6. The van der Waals surface area contributed by atoms with E-state index in [9.17, 15) is 4.79 Å². The van der Waals surface area contributed by atoms with Crippen LogP contribution in [-0.2, 0) is 19.5 Å². The Morgan fingerprint density at radius 2 is 1.92 bits per heavy atom. The van der Waals surface area contributed by atoms with E-state index in [1.54, 1.807) is 6.20 Å². The molecule has 0 bridgehead atoms. The third-order valence-corrected chi connectivity index (χ3v) is 7.60. The lowest BCUT2D eigenvalue weighted by Crippen LogP contribution is -2.36. The molecular formula is C29H37N7O. The minimum atomic E-state index is -0.0609. The lowest BCUT2D eigenvalue weighted by atomic mass is 9.94. The number of rotatable bonds is 9. The number of tetrazole rings is 1. The molecule has 1 fully saturated rings. The Hall–Kier alpha value is -3.39. The summed E-state index contributed by atoms with van der Waals surface area (Å²) in [5.41, 5.74) is 3.90. The molecule has 37 heavy (non-hydrogen) atoms. The standard InChI is InChI=1S/C29H37N7O/c1-4-21-12-13-26-23(15-21)16-24(29(37)31-26)19-35(18-22-9-8-14-30-17-22)27(20(2)3)28-32-33-34-36(28)25-10-6-5-7-11-25/h8-9,12-17,20,25,27H,4-7,10-11,18-19H2,1-3H3,(H,31,37). The van der Waals surface area contributed by atoms with E-state index in [-0.39, 0.29) is 17.5 Å². The van der Waals surface area contributed by atoms with Crippen LogP contribution in [0.5, 0.6) is 0 Å². The van der Waals surface area contributed by atoms with E-state index in [0.29, 0.717) is 19.1 Å². The highest BCUT2D eigenvalue weighted by Crippen LogP contribution is 2.34. The summed E-state index contributed by atoms with van der Waals surface area (Å²) in [6.07, 6.45) is 10.5. The monoisotopic (exact) mass is 499 g/mol. The van der Waals surface area contributed by atoms with Gasteiger partial charge in [-0.2, -0.15) is 0 Å². The van der Waals surface area contributed by atoms with Gasteiger partial charge in [0.05, 0.1) is 12.1 Å². The van der Waals surface area contributed by atoms with Crippen LogP contribution in [0.15, 0.2) is 53.6 Å². The van der Waals surface area contributed by atoms with Crippen molar-refractivity contribution in [1.82, 2.24) is 35.1 Å². The van der Waals surface area contributed by atoms with Gasteiger partial charge < -0.3 is 4.98 Å². The number of hydrogen-bond donors (Lipinski definition) is 1. The zero-order chi connectivity index (χ0) is 25.8. The van der Waals surface area contributed by atoms with Gasteiger partial charge in [0.2, 0.25) is 0 Å². The molecule has 4 aromatic rings. The molecule has 0 amide bonds. The second kappa shape index (κ2) is 11.3. The molecule has 0 radical (unpaired) electrons. The van der Waals surface area contributed by atoms with Crippen molar-refractivity contribution in [2.24, 2.45) is 5.92 Å². The van der Waals surface area contributed by atoms with Crippen molar-refractivity contribution in [2.45, 2.75) is 84.5 Å². The van der Waals surface area contributed by atoms with Crippen molar-refractivity contribution in [2.75, 3.05) is 0 Å². The molecule has 3 heterocycles. The lowest BCUT2D eigenvalue weighted by molar-refractivity contribution is 0.121. The molecule has 1 aliphatic rings. The highest BCUT2D eigenvalue weighted by Gasteiger charge is 2.32. The van der Waals surface area contributed by atoms with E-state index < -0.39 is 0 Å². The average molecular weight is 500 g/mol. The van der Waals surface area contributed by atoms with Crippen LogP contribution in [0.25, 0.3) is 10.9 Å². The normalized spacial score (nSPS) is 15.6. The summed E-state index contributed by atoms with van der Waals surface area (Å²) in [6, 6.07) is 12.6. The Morgan fingerprint density at radius 3 is 2.65 bits per heavy atom. The molecule has 3 aromatic heterocycles. The first kappa shape index (κ1) is 25.3. The first-order valence-electron chi connectivity index (χ1n) is 13.6. The van der Waals surface area contributed by atoms with Crippen LogP contribution >= 0.6 is 0 Å². The van der Waals surface area contributed by atoms with Gasteiger partial charge in [-0.05, 0) is 76.4 Å². The van der Waals surface area contributed by atoms with Crippen LogP contribution in [0.1, 0.15) is 87.5 Å². The minimum absolute atomic E-state index is 0.0534. The maximum absolute atomic E-state index is 13.2. The Labute approximate surface area is 218 Å². The predicted molar refractivity (Wildman–Crippen MR) is 145 cm³/mol. The second-order valence-corrected chi connectivity index (χ2v) is 10.6. The quantitative estimate of drug-likeness (QED) is 0.333. The van der Waals surface area contributed by atoms with Gasteiger partial charge in [0, 0.05) is 36.6 Å². The highest BCUT2D eigenvalue weighted by atomic mass is 16.1. The van der Waals surface area contributed by atoms with Crippen LogP contribution in [0.4, 0.5) is 0 Å². The van der Waals surface area contributed by atoms with Crippen molar-refractivity contribution in [1.29, 1.82) is 0 Å². The molecule has 1 aliphatic carbocycles. The SMILES string of the molecule is CCc1ccc2[nH]c(=O)c(CN(Cc3cccnc3)C(c3nnnn3C3CCCCC3)C(C)C)cc2c1. The molecule has 8 heteroatoms. The summed E-state index contributed by atoms with van der Waals surface area (Å²) in [6.45, 7) is 7.68. The molecule has 1 atom stereocenters. The van der Waals surface area contributed by atoms with E-state index in [2.05, 4.69) is 74.0 Å². The van der Waals surface area contributed by atoms with Crippen LogP contribution in [0.3, 0.4) is 0 Å². The fourth-order valence-electron chi connectivity index (χ4n) is 5.70. The number of aromatic nitrogens is 6. The average Bonchev–Trinajstić information content (AvgIpc) is 3.39. The number of hydrogen-bond acceptors (Lipinski definition) is 6. The molecule has 5 rings (SSSR count). The third kappa shape index (κ3) is 5.64. The third-order valence-electron chi connectivity index (χ3n) is 7.60. The Bertz CT molecular complexity index is 1370. The molecule has 194 valence electrons. The number of nitrogens with one attached hydrogen (secondary N) is 1. The number of benzene rings is 1. The van der Waals surface area contributed by atoms with E-state index in [1.807, 2.05) is 24.4 Å². The van der Waals surface area contributed by atoms with E-state index in [4.69, 9.17) is 0 Å². The summed E-state index contributed by atoms with van der Waals surface area (Å²) in [5, 5.41) is 14.2. The summed E-state index contributed by atoms with van der Waals surface area (Å²) in [4.78, 5) is 23.0. The molecule has 1 saturated carbocycles. The molecular weight excluding hydrogens is 462 g/mol. The Morgan fingerprint density at radius 1 is 1.08 bits per heavy atom. The van der Waals surface area contributed by atoms with Gasteiger partial charge in [0.15, 0.2) is 5.82 Å². The molecule has 0 spiro atoms. The molecule has 8 nitrogen and oxygen atoms in total. The maximum Gasteiger partial charge on any atom is 0.252 e. The largest absolute Gasteiger partial charge is 0.322 e. The molecule has 1 N–H and O–H groups in total. The molecule has 0 saturated heterocycles. The number of pyridine rings is 2. The van der Waals surface area contributed by atoms with Gasteiger partial charge in [0.25, 0.3) is 5.56 Å². The van der Waals surface area contributed by atoms with E-state index in [0.717, 1.165) is 47.1 Å². The predicted octanol–water partition coefficient (Wildman–Crippen LogP) is 5.38. The van der Waals surface area contributed by atoms with Gasteiger partial charge >= 0.3 is 0 Å². The number of aromatic amines is 1. The summed E-state index contributed by atoms with van der Waals surface area (Å²) in [7, 11) is 0. The fraction of sp³-hybridized carbons (Fsp3) is 0.483. The summed E-state index contributed by atoms with van der Waals surface area (Å²) in [5.74, 6) is 1.12. The zero-order valence-corrected chi connectivity index (χ0v) is 22.1. The van der Waals surface area contributed by atoms with Crippen molar-refractivity contribution in [3.05, 3.63) is 81.7 Å². The van der Waals surface area contributed by atoms with Crippen molar-refractivity contribution >= 4 is 10.9 Å². The van der Waals surface area contributed by atoms with Crippen LogP contribution in [0, 0.1) is 5.92 Å². The van der Waals surface area contributed by atoms with Gasteiger partial charge in [0.1, 0.15) is 0 Å².